The van der Waals surface area contributed by atoms with E-state index in [-0.39, 0.29) is 12.5 Å². The number of amides is 1. The van der Waals surface area contributed by atoms with Crippen molar-refractivity contribution < 1.29 is 9.53 Å². The van der Waals surface area contributed by atoms with Gasteiger partial charge in [-0.15, -0.1) is 0 Å². The van der Waals surface area contributed by atoms with E-state index < -0.39 is 0 Å². The average molecular weight is 324 g/mol. The Balaban J connectivity index is 1.80. The van der Waals surface area contributed by atoms with Crippen LogP contribution in [-0.2, 0) is 4.79 Å². The van der Waals surface area contributed by atoms with E-state index in [1.807, 2.05) is 44.2 Å². The van der Waals surface area contributed by atoms with Gasteiger partial charge in [-0.1, -0.05) is 44.2 Å². The van der Waals surface area contributed by atoms with Crippen LogP contribution < -0.4 is 10.2 Å². The lowest BCUT2D eigenvalue weighted by molar-refractivity contribution is -0.123. The van der Waals surface area contributed by atoms with Crippen LogP contribution in [0.1, 0.15) is 42.0 Å². The third-order valence-corrected chi connectivity index (χ3v) is 3.85. The normalized spacial score (nSPS) is 11.0. The first-order valence-electron chi connectivity index (χ1n) is 8.07. The van der Waals surface area contributed by atoms with E-state index in [1.165, 1.54) is 11.1 Å². The fraction of sp³-hybridized carbons (Fsp3) is 0.300. The molecule has 0 aliphatic heterocycles. The van der Waals surface area contributed by atoms with E-state index in [0.717, 1.165) is 11.1 Å². The van der Waals surface area contributed by atoms with Crippen LogP contribution in [0.5, 0.6) is 5.75 Å². The first-order valence-corrected chi connectivity index (χ1v) is 8.07. The van der Waals surface area contributed by atoms with Crippen LogP contribution in [-0.4, -0.2) is 18.7 Å². The van der Waals surface area contributed by atoms with Crippen molar-refractivity contribution in [2.75, 3.05) is 6.61 Å². The van der Waals surface area contributed by atoms with Gasteiger partial charge in [0.15, 0.2) is 6.61 Å². The van der Waals surface area contributed by atoms with Crippen LogP contribution >= 0.6 is 0 Å². The summed E-state index contributed by atoms with van der Waals surface area (Å²) < 4.78 is 5.46. The topological polar surface area (TPSA) is 50.7 Å². The number of benzene rings is 2. The molecule has 2 aromatic rings. The molecule has 4 nitrogen and oxygen atoms in total. The standard InChI is InChI=1S/C20H24N2O2/c1-14(2)18-8-6-17(7-9-18)12-21-22-20(23)13-24-19-10-5-15(3)16(4)11-19/h5-12,14H,13H2,1-4H3,(H,22,23)/b21-12-. The molecule has 24 heavy (non-hydrogen) atoms. The van der Waals surface area contributed by atoms with Gasteiger partial charge in [0.1, 0.15) is 5.75 Å². The van der Waals surface area contributed by atoms with Gasteiger partial charge < -0.3 is 4.74 Å². The fourth-order valence-electron chi connectivity index (χ4n) is 2.13. The molecule has 0 saturated heterocycles. The van der Waals surface area contributed by atoms with Crippen molar-refractivity contribution in [3.05, 3.63) is 64.7 Å². The lowest BCUT2D eigenvalue weighted by atomic mass is 10.0. The fourth-order valence-corrected chi connectivity index (χ4v) is 2.13. The number of hydrogen-bond donors (Lipinski definition) is 1. The molecular formula is C20H24N2O2. The highest BCUT2D eigenvalue weighted by atomic mass is 16.5. The summed E-state index contributed by atoms with van der Waals surface area (Å²) in [5, 5.41) is 3.96. The minimum Gasteiger partial charge on any atom is -0.484 e. The lowest BCUT2D eigenvalue weighted by Crippen LogP contribution is -2.24. The smallest absolute Gasteiger partial charge is 0.277 e. The Labute approximate surface area is 143 Å². The minimum absolute atomic E-state index is 0.0634. The highest BCUT2D eigenvalue weighted by Gasteiger charge is 2.03. The summed E-state index contributed by atoms with van der Waals surface area (Å²) in [6, 6.07) is 13.8. The predicted molar refractivity (Wildman–Crippen MR) is 97.7 cm³/mol. The van der Waals surface area contributed by atoms with Crippen LogP contribution in [0.25, 0.3) is 0 Å². The molecule has 0 heterocycles. The van der Waals surface area contributed by atoms with Crippen molar-refractivity contribution in [2.24, 2.45) is 5.10 Å². The zero-order valence-electron chi connectivity index (χ0n) is 14.7. The molecule has 1 N–H and O–H groups in total. The number of carbonyl (C=O) groups is 1. The maximum Gasteiger partial charge on any atom is 0.277 e. The van der Waals surface area contributed by atoms with Crippen LogP contribution in [0, 0.1) is 13.8 Å². The highest BCUT2D eigenvalue weighted by molar-refractivity contribution is 5.82. The largest absolute Gasteiger partial charge is 0.484 e. The minimum atomic E-state index is -0.289. The van der Waals surface area contributed by atoms with Gasteiger partial charge in [-0.2, -0.15) is 5.10 Å². The summed E-state index contributed by atoms with van der Waals surface area (Å²) in [6.07, 6.45) is 1.62. The Kier molecular flexibility index (Phi) is 6.13. The van der Waals surface area contributed by atoms with E-state index in [1.54, 1.807) is 6.21 Å². The molecule has 0 atom stereocenters. The summed E-state index contributed by atoms with van der Waals surface area (Å²) in [7, 11) is 0. The van der Waals surface area contributed by atoms with Crippen molar-refractivity contribution in [3.63, 3.8) is 0 Å². The molecule has 0 bridgehead atoms. The van der Waals surface area contributed by atoms with E-state index in [9.17, 15) is 4.79 Å². The monoisotopic (exact) mass is 324 g/mol. The van der Waals surface area contributed by atoms with Crippen LogP contribution in [0.15, 0.2) is 47.6 Å². The maximum absolute atomic E-state index is 11.8. The quantitative estimate of drug-likeness (QED) is 0.646. The third kappa shape index (κ3) is 5.23. The number of hydrogen-bond acceptors (Lipinski definition) is 3. The number of rotatable bonds is 6. The Morgan fingerprint density at radius 3 is 2.46 bits per heavy atom. The molecular weight excluding hydrogens is 300 g/mol. The number of aryl methyl sites for hydroxylation is 2. The van der Waals surface area contributed by atoms with Gasteiger partial charge in [-0.3, -0.25) is 4.79 Å². The SMILES string of the molecule is Cc1ccc(OCC(=O)N/N=C\c2ccc(C(C)C)cc2)cc1C. The second-order valence-electron chi connectivity index (χ2n) is 6.15. The first-order chi connectivity index (χ1) is 11.5. The summed E-state index contributed by atoms with van der Waals surface area (Å²) in [4.78, 5) is 11.8. The molecule has 0 aliphatic carbocycles. The van der Waals surface area contributed by atoms with E-state index >= 15 is 0 Å². The number of hydrazone groups is 1. The molecule has 0 aromatic heterocycles. The Bertz CT molecular complexity index is 719. The predicted octanol–water partition coefficient (Wildman–Crippen LogP) is 3.96. The second kappa shape index (κ2) is 8.29. The number of nitrogens with one attached hydrogen (secondary N) is 1. The molecule has 0 aliphatic rings. The van der Waals surface area contributed by atoms with Crippen molar-refractivity contribution in [2.45, 2.75) is 33.6 Å². The molecule has 4 heteroatoms. The molecule has 0 spiro atoms. The zero-order chi connectivity index (χ0) is 17.5. The van der Waals surface area contributed by atoms with Crippen molar-refractivity contribution >= 4 is 12.1 Å². The molecule has 1 amide bonds. The van der Waals surface area contributed by atoms with Crippen LogP contribution in [0.2, 0.25) is 0 Å². The van der Waals surface area contributed by atoms with Gasteiger partial charge in [-0.25, -0.2) is 5.43 Å². The van der Waals surface area contributed by atoms with E-state index in [0.29, 0.717) is 11.7 Å². The summed E-state index contributed by atoms with van der Waals surface area (Å²) in [5.74, 6) is 0.892. The van der Waals surface area contributed by atoms with E-state index in [2.05, 4.69) is 36.5 Å². The summed E-state index contributed by atoms with van der Waals surface area (Å²) in [5.41, 5.74) is 7.02. The molecule has 2 rings (SSSR count). The zero-order valence-corrected chi connectivity index (χ0v) is 14.7. The summed E-state index contributed by atoms with van der Waals surface area (Å²) >= 11 is 0. The molecule has 0 radical (unpaired) electrons. The van der Waals surface area contributed by atoms with Gasteiger partial charge in [0.25, 0.3) is 5.91 Å². The molecule has 126 valence electrons. The number of ether oxygens (including phenoxy) is 1. The van der Waals surface area contributed by atoms with Crippen LogP contribution in [0.3, 0.4) is 0 Å². The van der Waals surface area contributed by atoms with Gasteiger partial charge in [-0.05, 0) is 54.2 Å². The Morgan fingerprint density at radius 1 is 1.12 bits per heavy atom. The number of nitrogens with zero attached hydrogens (tertiary/aromatic N) is 1. The first kappa shape index (κ1) is 17.7. The van der Waals surface area contributed by atoms with Crippen LogP contribution in [0.4, 0.5) is 0 Å². The summed E-state index contributed by atoms with van der Waals surface area (Å²) in [6.45, 7) is 8.29. The Morgan fingerprint density at radius 2 is 1.83 bits per heavy atom. The third-order valence-electron chi connectivity index (χ3n) is 3.85. The van der Waals surface area contributed by atoms with Crippen molar-refractivity contribution in [1.82, 2.24) is 5.43 Å². The van der Waals surface area contributed by atoms with Gasteiger partial charge in [0.05, 0.1) is 6.21 Å². The molecule has 2 aromatic carbocycles. The molecule has 0 saturated carbocycles. The average Bonchev–Trinajstić information content (AvgIpc) is 2.56. The van der Waals surface area contributed by atoms with Gasteiger partial charge >= 0.3 is 0 Å². The van der Waals surface area contributed by atoms with Crippen molar-refractivity contribution in [3.8, 4) is 5.75 Å². The van der Waals surface area contributed by atoms with Crippen molar-refractivity contribution in [1.29, 1.82) is 0 Å². The van der Waals surface area contributed by atoms with Gasteiger partial charge in [0.2, 0.25) is 0 Å². The van der Waals surface area contributed by atoms with Gasteiger partial charge in [0, 0.05) is 0 Å². The number of carbonyl (C=O) groups excluding carboxylic acids is 1. The molecule has 0 fully saturated rings. The second-order valence-corrected chi connectivity index (χ2v) is 6.15. The molecule has 0 unspecified atom stereocenters. The van der Waals surface area contributed by atoms with E-state index in [4.69, 9.17) is 4.74 Å². The lowest BCUT2D eigenvalue weighted by Gasteiger charge is -2.07. The highest BCUT2D eigenvalue weighted by Crippen LogP contribution is 2.16. The maximum atomic E-state index is 11.8. The Hall–Kier alpha value is -2.62.